The zero-order valence-electron chi connectivity index (χ0n) is 20.7. The number of aromatic nitrogens is 2. The zero-order chi connectivity index (χ0) is 26.2. The molecule has 2 aromatic rings. The Labute approximate surface area is 224 Å². The molecule has 2 aromatic heterocycles. The molecule has 0 radical (unpaired) electrons. The molecular formula is C27H29N7O3S. The van der Waals surface area contributed by atoms with Gasteiger partial charge in [-0.05, 0) is 62.6 Å². The Morgan fingerprint density at radius 1 is 1.08 bits per heavy atom. The highest BCUT2D eigenvalue weighted by Gasteiger charge is 2.52. The van der Waals surface area contributed by atoms with E-state index in [0.717, 1.165) is 43.6 Å². The van der Waals surface area contributed by atoms with Crippen molar-refractivity contribution in [2.45, 2.75) is 49.2 Å². The highest BCUT2D eigenvalue weighted by Crippen LogP contribution is 2.48. The maximum absolute atomic E-state index is 13.5. The third-order valence-corrected chi connectivity index (χ3v) is 9.00. The average molecular weight is 532 g/mol. The molecule has 38 heavy (non-hydrogen) atoms. The molecule has 4 amide bonds. The molecule has 11 heteroatoms. The number of carbonyl (C=O) groups excluding carboxylic acids is 3. The van der Waals surface area contributed by atoms with Gasteiger partial charge in [-0.3, -0.25) is 24.5 Å². The van der Waals surface area contributed by atoms with Crippen LogP contribution in [-0.4, -0.2) is 57.9 Å². The summed E-state index contributed by atoms with van der Waals surface area (Å²) in [6.45, 7) is 4.25. The Bertz CT molecular complexity index is 1320. The van der Waals surface area contributed by atoms with Gasteiger partial charge in [0.25, 0.3) is 5.91 Å². The Balaban J connectivity index is 1.26. The van der Waals surface area contributed by atoms with E-state index in [4.69, 9.17) is 0 Å². The van der Waals surface area contributed by atoms with Crippen molar-refractivity contribution in [2.24, 2.45) is 5.92 Å². The third kappa shape index (κ3) is 4.45. The standard InChI is InChI=1S/C27H29N7O3S/c1-2-21(35)31-17-7-5-8-18(17)32-25(36)24-23-22-20(10-13-30-26(22)38-24)34(27(37)33-23)15-9-12-29-19(14-15)16-6-3-4-11-28-16/h2-4,6,9,11-12,14,17-18,20,22,26,30H,1,5,7-8,10,13H2,(H,31,35)(H,32,36)(H,33,37)/t17-,18-,20?,22?,26?/m1/s1. The van der Waals surface area contributed by atoms with Gasteiger partial charge in [-0.1, -0.05) is 24.4 Å². The molecule has 196 valence electrons. The normalized spacial score (nSPS) is 27.9. The number of carbonyl (C=O) groups is 3. The van der Waals surface area contributed by atoms with Crippen molar-refractivity contribution >= 4 is 35.3 Å². The van der Waals surface area contributed by atoms with Crippen LogP contribution in [0.4, 0.5) is 10.5 Å². The lowest BCUT2D eigenvalue weighted by Crippen LogP contribution is -2.62. The number of nitrogens with zero attached hydrogens (tertiary/aromatic N) is 3. The Morgan fingerprint density at radius 3 is 2.68 bits per heavy atom. The molecule has 2 saturated heterocycles. The quantitative estimate of drug-likeness (QED) is 0.421. The van der Waals surface area contributed by atoms with Crippen molar-refractivity contribution in [3.8, 4) is 11.4 Å². The molecule has 3 aliphatic heterocycles. The molecule has 3 fully saturated rings. The van der Waals surface area contributed by atoms with Gasteiger partial charge in [0, 0.05) is 41.8 Å². The molecule has 1 aliphatic carbocycles. The number of hydrogen-bond acceptors (Lipinski definition) is 7. The summed E-state index contributed by atoms with van der Waals surface area (Å²) in [5.74, 6) is -0.508. The molecule has 0 aromatic carbocycles. The number of piperidine rings is 1. The van der Waals surface area contributed by atoms with E-state index in [2.05, 4.69) is 37.8 Å². The van der Waals surface area contributed by atoms with Crippen LogP contribution >= 0.6 is 11.8 Å². The Morgan fingerprint density at radius 2 is 1.89 bits per heavy atom. The van der Waals surface area contributed by atoms with Gasteiger partial charge < -0.3 is 21.3 Å². The molecule has 0 spiro atoms. The fourth-order valence-corrected chi connectivity index (χ4v) is 7.33. The minimum absolute atomic E-state index is 0.0236. The number of anilines is 1. The average Bonchev–Trinajstić information content (AvgIpc) is 3.54. The smallest absolute Gasteiger partial charge is 0.326 e. The molecule has 6 rings (SSSR count). The van der Waals surface area contributed by atoms with Gasteiger partial charge in [0.1, 0.15) is 0 Å². The number of amides is 4. The van der Waals surface area contributed by atoms with Crippen LogP contribution in [0, 0.1) is 5.92 Å². The van der Waals surface area contributed by atoms with Gasteiger partial charge in [-0.15, -0.1) is 0 Å². The predicted molar refractivity (Wildman–Crippen MR) is 145 cm³/mol. The van der Waals surface area contributed by atoms with Crippen LogP contribution in [0.25, 0.3) is 11.4 Å². The van der Waals surface area contributed by atoms with Crippen LogP contribution in [-0.2, 0) is 9.59 Å². The van der Waals surface area contributed by atoms with Crippen molar-refractivity contribution in [1.82, 2.24) is 31.2 Å². The van der Waals surface area contributed by atoms with Gasteiger partial charge in [-0.2, -0.15) is 0 Å². The van der Waals surface area contributed by atoms with Crippen molar-refractivity contribution in [2.75, 3.05) is 11.4 Å². The summed E-state index contributed by atoms with van der Waals surface area (Å²) in [5, 5.41) is 12.6. The maximum atomic E-state index is 13.5. The lowest BCUT2D eigenvalue weighted by Gasteiger charge is -2.45. The van der Waals surface area contributed by atoms with Crippen molar-refractivity contribution < 1.29 is 14.4 Å². The van der Waals surface area contributed by atoms with Gasteiger partial charge in [0.2, 0.25) is 5.91 Å². The van der Waals surface area contributed by atoms with Crippen molar-refractivity contribution in [3.63, 3.8) is 0 Å². The lowest BCUT2D eigenvalue weighted by molar-refractivity contribution is -0.119. The van der Waals surface area contributed by atoms with Crippen LogP contribution in [0.15, 0.2) is 66.0 Å². The zero-order valence-corrected chi connectivity index (χ0v) is 21.5. The maximum Gasteiger partial charge on any atom is 0.326 e. The summed E-state index contributed by atoms with van der Waals surface area (Å²) in [7, 11) is 0. The van der Waals surface area contributed by atoms with E-state index in [1.807, 2.05) is 30.3 Å². The van der Waals surface area contributed by atoms with E-state index in [1.165, 1.54) is 17.8 Å². The molecule has 5 atom stereocenters. The van der Waals surface area contributed by atoms with Crippen molar-refractivity contribution in [3.05, 3.63) is 66.0 Å². The van der Waals surface area contributed by atoms with Gasteiger partial charge in [0.15, 0.2) is 0 Å². The minimum Gasteiger partial charge on any atom is -0.348 e. The number of rotatable bonds is 6. The number of pyridine rings is 2. The summed E-state index contributed by atoms with van der Waals surface area (Å²) in [5.41, 5.74) is 2.86. The van der Waals surface area contributed by atoms with E-state index in [9.17, 15) is 14.4 Å². The fourth-order valence-electron chi connectivity index (χ4n) is 5.93. The van der Waals surface area contributed by atoms with Crippen LogP contribution in [0.3, 0.4) is 0 Å². The molecular weight excluding hydrogens is 502 g/mol. The van der Waals surface area contributed by atoms with E-state index in [0.29, 0.717) is 16.3 Å². The number of thioether (sulfide) groups is 1. The summed E-state index contributed by atoms with van der Waals surface area (Å²) in [4.78, 5) is 50.0. The summed E-state index contributed by atoms with van der Waals surface area (Å²) >= 11 is 1.47. The van der Waals surface area contributed by atoms with E-state index in [1.54, 1.807) is 17.3 Å². The molecule has 3 unspecified atom stereocenters. The predicted octanol–water partition coefficient (Wildman–Crippen LogP) is 2.28. The van der Waals surface area contributed by atoms with Gasteiger partial charge in [-0.25, -0.2) is 4.79 Å². The summed E-state index contributed by atoms with van der Waals surface area (Å²) in [6.07, 6.45) is 7.92. The number of urea groups is 1. The topological polar surface area (TPSA) is 128 Å². The third-order valence-electron chi connectivity index (χ3n) is 7.64. The highest BCUT2D eigenvalue weighted by atomic mass is 32.2. The highest BCUT2D eigenvalue weighted by molar-refractivity contribution is 8.04. The Kier molecular flexibility index (Phi) is 6.62. The second-order valence-corrected chi connectivity index (χ2v) is 11.0. The van der Waals surface area contributed by atoms with Crippen LogP contribution in [0.2, 0.25) is 0 Å². The largest absolute Gasteiger partial charge is 0.348 e. The molecule has 0 bridgehead atoms. The van der Waals surface area contributed by atoms with Crippen LogP contribution in [0.5, 0.6) is 0 Å². The van der Waals surface area contributed by atoms with E-state index < -0.39 is 0 Å². The van der Waals surface area contributed by atoms with E-state index in [-0.39, 0.29) is 47.3 Å². The van der Waals surface area contributed by atoms with Crippen LogP contribution in [0.1, 0.15) is 25.7 Å². The molecule has 4 aliphatic rings. The number of hydrogen-bond donors (Lipinski definition) is 4. The minimum atomic E-state index is -0.259. The molecule has 5 heterocycles. The monoisotopic (exact) mass is 531 g/mol. The first kappa shape index (κ1) is 24.6. The molecule has 1 saturated carbocycles. The molecule has 4 N–H and O–H groups in total. The SMILES string of the molecule is C=CC(=O)N[C@@H]1CCC[C@H]1NC(=O)C1=C2NC(=O)N(c3ccnc(-c4ccccn4)c3)C3CCNC(S1)C23. The first-order chi connectivity index (χ1) is 18.5. The second-order valence-electron chi connectivity index (χ2n) is 9.86. The summed E-state index contributed by atoms with van der Waals surface area (Å²) in [6, 6.07) is 8.71. The van der Waals surface area contributed by atoms with Gasteiger partial charge >= 0.3 is 6.03 Å². The first-order valence-corrected chi connectivity index (χ1v) is 13.8. The Hall–Kier alpha value is -3.70. The molecule has 10 nitrogen and oxygen atoms in total. The van der Waals surface area contributed by atoms with Crippen molar-refractivity contribution in [1.29, 1.82) is 0 Å². The number of nitrogens with one attached hydrogen (secondary N) is 4. The second kappa shape index (κ2) is 10.2. The first-order valence-electron chi connectivity index (χ1n) is 12.9. The fraction of sp³-hybridized carbons (Fsp3) is 0.370. The van der Waals surface area contributed by atoms with Crippen LogP contribution < -0.4 is 26.2 Å². The van der Waals surface area contributed by atoms with E-state index >= 15 is 0 Å². The summed E-state index contributed by atoms with van der Waals surface area (Å²) < 4.78 is 0. The van der Waals surface area contributed by atoms with Gasteiger partial charge in [0.05, 0.1) is 27.7 Å². The lowest BCUT2D eigenvalue weighted by atomic mass is 9.86.